The van der Waals surface area contributed by atoms with Crippen molar-refractivity contribution in [2.45, 2.75) is 51.6 Å². The van der Waals surface area contributed by atoms with Crippen LogP contribution in [0.1, 0.15) is 38.0 Å². The highest BCUT2D eigenvalue weighted by Crippen LogP contribution is 2.13. The maximum atomic E-state index is 12.1. The van der Waals surface area contributed by atoms with Crippen LogP contribution in [0.25, 0.3) is 0 Å². The number of nitrogens with one attached hydrogen (secondary N) is 1. The summed E-state index contributed by atoms with van der Waals surface area (Å²) in [6, 6.07) is 2.90. The Morgan fingerprint density at radius 2 is 2.19 bits per heavy atom. The van der Waals surface area contributed by atoms with E-state index in [4.69, 9.17) is 5.11 Å². The molecule has 1 unspecified atom stereocenters. The quantitative estimate of drug-likeness (QED) is 0.775. The van der Waals surface area contributed by atoms with Crippen molar-refractivity contribution in [2.24, 2.45) is 0 Å². The van der Waals surface area contributed by atoms with E-state index in [0.717, 1.165) is 19.3 Å². The van der Waals surface area contributed by atoms with Crippen molar-refractivity contribution in [3.8, 4) is 0 Å². The Labute approximate surface area is 130 Å². The predicted molar refractivity (Wildman–Crippen MR) is 84.7 cm³/mol. The van der Waals surface area contributed by atoms with Crippen molar-refractivity contribution in [1.82, 2.24) is 10.2 Å². The molecule has 0 aliphatic carbocycles. The summed E-state index contributed by atoms with van der Waals surface area (Å²) in [6.45, 7) is 3.96. The van der Waals surface area contributed by atoms with Gasteiger partial charge >= 0.3 is 12.0 Å². The third-order valence-electron chi connectivity index (χ3n) is 3.50. The lowest BCUT2D eigenvalue weighted by Crippen LogP contribution is -2.49. The highest BCUT2D eigenvalue weighted by Gasteiger charge is 2.23. The number of amides is 2. The molecule has 2 N–H and O–H groups in total. The highest BCUT2D eigenvalue weighted by molar-refractivity contribution is 7.09. The zero-order chi connectivity index (χ0) is 15.8. The number of nitrogens with zero attached hydrogens (tertiary/aromatic N) is 1. The first-order chi connectivity index (χ1) is 9.95. The van der Waals surface area contributed by atoms with Crippen molar-refractivity contribution in [1.29, 1.82) is 0 Å². The van der Waals surface area contributed by atoms with Gasteiger partial charge in [-0.15, -0.1) is 11.3 Å². The average molecular weight is 312 g/mol. The largest absolute Gasteiger partial charge is 0.480 e. The maximum Gasteiger partial charge on any atom is 0.326 e. The fourth-order valence-electron chi connectivity index (χ4n) is 1.97. The summed E-state index contributed by atoms with van der Waals surface area (Å²) in [4.78, 5) is 26.1. The van der Waals surface area contributed by atoms with Gasteiger partial charge in [0.05, 0.1) is 0 Å². The van der Waals surface area contributed by atoms with Crippen LogP contribution in [0.15, 0.2) is 17.5 Å². The zero-order valence-corrected chi connectivity index (χ0v) is 13.7. The van der Waals surface area contributed by atoms with Crippen molar-refractivity contribution in [3.63, 3.8) is 0 Å². The summed E-state index contributed by atoms with van der Waals surface area (Å²) in [6.07, 6.45) is 2.93. The molecular formula is C15H24N2O3S. The molecule has 0 aromatic carbocycles. The van der Waals surface area contributed by atoms with Crippen LogP contribution >= 0.6 is 11.3 Å². The molecule has 0 saturated heterocycles. The SMILES string of the molecule is CCCC[C@H](NC(=O)N(C)C(C)Cc1cccs1)C(=O)O. The molecule has 0 spiro atoms. The monoisotopic (exact) mass is 312 g/mol. The number of rotatable bonds is 8. The zero-order valence-electron chi connectivity index (χ0n) is 12.8. The second-order valence-corrected chi connectivity index (χ2v) is 6.26. The summed E-state index contributed by atoms with van der Waals surface area (Å²) in [5.41, 5.74) is 0. The van der Waals surface area contributed by atoms with Crippen molar-refractivity contribution in [2.75, 3.05) is 7.05 Å². The summed E-state index contributed by atoms with van der Waals surface area (Å²) in [7, 11) is 1.70. The number of carboxylic acids is 1. The first-order valence-electron chi connectivity index (χ1n) is 7.24. The van der Waals surface area contributed by atoms with E-state index in [1.165, 1.54) is 4.88 Å². The first kappa shape index (κ1) is 17.5. The predicted octanol–water partition coefficient (Wildman–Crippen LogP) is 2.96. The van der Waals surface area contributed by atoms with Crippen molar-refractivity contribution in [3.05, 3.63) is 22.4 Å². The number of thiophene rings is 1. The van der Waals surface area contributed by atoms with Crippen LogP contribution in [0.4, 0.5) is 4.79 Å². The minimum absolute atomic E-state index is 0.0178. The molecule has 1 heterocycles. The number of urea groups is 1. The summed E-state index contributed by atoms with van der Waals surface area (Å²) in [5, 5.41) is 13.8. The van der Waals surface area contributed by atoms with Gasteiger partial charge in [-0.3, -0.25) is 0 Å². The summed E-state index contributed by atoms with van der Waals surface area (Å²) < 4.78 is 0. The minimum atomic E-state index is -0.976. The molecule has 6 heteroatoms. The molecule has 2 atom stereocenters. The number of carboxylic acid groups (broad SMARTS) is 1. The van der Waals surface area contributed by atoms with E-state index in [0.29, 0.717) is 6.42 Å². The standard InChI is InChI=1S/C15H24N2O3S/c1-4-5-8-13(14(18)19)16-15(20)17(3)11(2)10-12-7-6-9-21-12/h6-7,9,11,13H,4-5,8,10H2,1-3H3,(H,16,20)(H,18,19)/t11?,13-/m0/s1. The summed E-state index contributed by atoms with van der Waals surface area (Å²) in [5.74, 6) is -0.976. The van der Waals surface area contributed by atoms with Crippen LogP contribution < -0.4 is 5.32 Å². The third kappa shape index (κ3) is 5.75. The molecule has 0 fully saturated rings. The molecule has 1 aromatic rings. The van der Waals surface area contributed by atoms with Gasteiger partial charge in [0.15, 0.2) is 0 Å². The van der Waals surface area contributed by atoms with Crippen molar-refractivity contribution < 1.29 is 14.7 Å². The Balaban J connectivity index is 2.53. The Morgan fingerprint density at radius 3 is 2.71 bits per heavy atom. The van der Waals surface area contributed by atoms with E-state index in [-0.39, 0.29) is 12.1 Å². The first-order valence-corrected chi connectivity index (χ1v) is 8.12. The molecule has 0 aliphatic rings. The van der Waals surface area contributed by atoms with E-state index in [9.17, 15) is 9.59 Å². The van der Waals surface area contributed by atoms with Gasteiger partial charge in [0.25, 0.3) is 0 Å². The van der Waals surface area contributed by atoms with Crippen molar-refractivity contribution >= 4 is 23.3 Å². The molecular weight excluding hydrogens is 288 g/mol. The molecule has 21 heavy (non-hydrogen) atoms. The normalized spacial score (nSPS) is 13.5. The number of unbranched alkanes of at least 4 members (excludes halogenated alkanes) is 1. The minimum Gasteiger partial charge on any atom is -0.480 e. The van der Waals surface area contributed by atoms with Gasteiger partial charge < -0.3 is 15.3 Å². The number of carbonyl (C=O) groups is 2. The van der Waals surface area contributed by atoms with E-state index in [1.54, 1.807) is 23.3 Å². The fourth-order valence-corrected chi connectivity index (χ4v) is 2.80. The number of aliphatic carboxylic acids is 1. The fraction of sp³-hybridized carbons (Fsp3) is 0.600. The molecule has 2 amide bonds. The van der Waals surface area contributed by atoms with E-state index < -0.39 is 12.0 Å². The molecule has 1 aromatic heterocycles. The molecule has 118 valence electrons. The van der Waals surface area contributed by atoms with Crippen LogP contribution in [0.3, 0.4) is 0 Å². The Bertz CT molecular complexity index is 448. The number of hydrogen-bond acceptors (Lipinski definition) is 3. The van der Waals surface area contributed by atoms with Gasteiger partial charge in [-0.05, 0) is 24.8 Å². The number of hydrogen-bond donors (Lipinski definition) is 2. The highest BCUT2D eigenvalue weighted by atomic mass is 32.1. The van der Waals surface area contributed by atoms with Gasteiger partial charge in [0.2, 0.25) is 0 Å². The summed E-state index contributed by atoms with van der Waals surface area (Å²) >= 11 is 1.66. The molecule has 0 aliphatic heterocycles. The van der Waals surface area contributed by atoms with Crippen LogP contribution in [0.2, 0.25) is 0 Å². The van der Waals surface area contributed by atoms with E-state index in [1.807, 2.05) is 31.4 Å². The van der Waals surface area contributed by atoms with Gasteiger partial charge in [-0.25, -0.2) is 9.59 Å². The third-order valence-corrected chi connectivity index (χ3v) is 4.40. The second-order valence-electron chi connectivity index (χ2n) is 5.23. The van der Waals surface area contributed by atoms with Crippen LogP contribution in [0.5, 0.6) is 0 Å². The number of likely N-dealkylation sites (N-methyl/N-ethyl adjacent to an activating group) is 1. The lowest BCUT2D eigenvalue weighted by atomic mass is 10.1. The van der Waals surface area contributed by atoms with Gasteiger partial charge in [0.1, 0.15) is 6.04 Å². The average Bonchev–Trinajstić information content (AvgIpc) is 2.94. The second kappa shape index (κ2) is 8.67. The lowest BCUT2D eigenvalue weighted by Gasteiger charge is -2.26. The van der Waals surface area contributed by atoms with Gasteiger partial charge in [-0.2, -0.15) is 0 Å². The topological polar surface area (TPSA) is 69.6 Å². The number of carbonyl (C=O) groups excluding carboxylic acids is 1. The van der Waals surface area contributed by atoms with Gasteiger partial charge in [-0.1, -0.05) is 25.8 Å². The lowest BCUT2D eigenvalue weighted by molar-refractivity contribution is -0.139. The van der Waals surface area contributed by atoms with Crippen LogP contribution in [0, 0.1) is 0 Å². The maximum absolute atomic E-state index is 12.1. The molecule has 0 radical (unpaired) electrons. The van der Waals surface area contributed by atoms with Crippen LogP contribution in [-0.4, -0.2) is 41.1 Å². The van der Waals surface area contributed by atoms with E-state index >= 15 is 0 Å². The van der Waals surface area contributed by atoms with Crippen LogP contribution in [-0.2, 0) is 11.2 Å². The van der Waals surface area contributed by atoms with E-state index in [2.05, 4.69) is 5.32 Å². The molecule has 0 saturated carbocycles. The van der Waals surface area contributed by atoms with Gasteiger partial charge in [0, 0.05) is 24.4 Å². The Kier molecular flexibility index (Phi) is 7.22. The smallest absolute Gasteiger partial charge is 0.326 e. The molecule has 5 nitrogen and oxygen atoms in total. The molecule has 0 bridgehead atoms. The Hall–Kier alpha value is -1.56. The Morgan fingerprint density at radius 1 is 1.48 bits per heavy atom. The molecule has 1 rings (SSSR count).